The molecular formula is C53H57N7O10S. The Labute approximate surface area is 415 Å². The SMILES string of the molecule is O=C1CCC(C2C(=O)c3cccc(NCCOCCOCCOCCOCCN4CCN(c5ccc(-c6ccc7c(c6)C(=O)N(C(C(=O)Nc6nccs6)c6ccccc6)C7)cc5)CC4)c3C2=O)C(=O)N1. The second-order valence-corrected chi connectivity index (χ2v) is 18.6. The number of nitrogens with one attached hydrogen (secondary N) is 3. The summed E-state index contributed by atoms with van der Waals surface area (Å²) in [5.74, 6) is -4.18. The van der Waals surface area contributed by atoms with Crippen LogP contribution in [0, 0.1) is 11.8 Å². The van der Waals surface area contributed by atoms with Crippen molar-refractivity contribution in [1.29, 1.82) is 0 Å². The van der Waals surface area contributed by atoms with E-state index in [0.717, 1.165) is 60.7 Å². The number of anilines is 3. The molecule has 2 fully saturated rings. The molecule has 3 unspecified atom stereocenters. The summed E-state index contributed by atoms with van der Waals surface area (Å²) in [5, 5.41) is 10.6. The fraction of sp³-hybridized carbons (Fsp3) is 0.377. The maximum absolute atomic E-state index is 14.0. The molecule has 9 rings (SSSR count). The molecule has 370 valence electrons. The number of rotatable bonds is 23. The number of imide groups is 1. The van der Waals surface area contributed by atoms with Gasteiger partial charge in [-0.3, -0.25) is 44.3 Å². The number of hydrogen-bond donors (Lipinski definition) is 3. The molecule has 4 aliphatic rings. The second-order valence-electron chi connectivity index (χ2n) is 17.7. The Bertz CT molecular complexity index is 2700. The largest absolute Gasteiger partial charge is 0.382 e. The molecule has 0 saturated carbocycles. The van der Waals surface area contributed by atoms with Crippen molar-refractivity contribution in [2.24, 2.45) is 11.8 Å². The van der Waals surface area contributed by atoms with Crippen LogP contribution in [-0.4, -0.2) is 142 Å². The molecule has 4 aromatic carbocycles. The molecule has 71 heavy (non-hydrogen) atoms. The number of fused-ring (bicyclic) bond motifs is 2. The molecule has 5 aromatic rings. The molecule has 2 saturated heterocycles. The van der Waals surface area contributed by atoms with E-state index in [9.17, 15) is 28.8 Å². The first-order valence-corrected chi connectivity index (χ1v) is 25.0. The smallest absolute Gasteiger partial charge is 0.255 e. The number of carbonyl (C=O) groups is 6. The Kier molecular flexibility index (Phi) is 16.3. The van der Waals surface area contributed by atoms with E-state index in [1.807, 2.05) is 48.5 Å². The molecule has 18 heteroatoms. The third-order valence-corrected chi connectivity index (χ3v) is 14.0. The normalized spacial score (nSPS) is 18.4. The van der Waals surface area contributed by atoms with Crippen LogP contribution in [0.25, 0.3) is 11.1 Å². The van der Waals surface area contributed by atoms with Crippen LogP contribution in [0.4, 0.5) is 16.5 Å². The number of carbonyl (C=O) groups excluding carboxylic acids is 6. The average molecular weight is 984 g/mol. The number of aromatic nitrogens is 1. The van der Waals surface area contributed by atoms with Gasteiger partial charge in [-0.15, -0.1) is 11.3 Å². The van der Waals surface area contributed by atoms with Crippen molar-refractivity contribution in [3.63, 3.8) is 0 Å². The minimum atomic E-state index is -1.11. The Balaban J connectivity index is 0.612. The van der Waals surface area contributed by atoms with Crippen molar-refractivity contribution >= 4 is 63.0 Å². The van der Waals surface area contributed by atoms with Crippen LogP contribution in [0.1, 0.15) is 61.1 Å². The Hall–Kier alpha value is -6.67. The lowest BCUT2D eigenvalue weighted by Crippen LogP contribution is -2.47. The van der Waals surface area contributed by atoms with Crippen LogP contribution in [0.3, 0.4) is 0 Å². The molecule has 0 spiro atoms. The molecule has 0 radical (unpaired) electrons. The zero-order valence-corrected chi connectivity index (χ0v) is 40.2. The van der Waals surface area contributed by atoms with Crippen LogP contribution >= 0.6 is 11.3 Å². The van der Waals surface area contributed by atoms with Gasteiger partial charge in [0, 0.05) is 86.3 Å². The lowest BCUT2D eigenvalue weighted by molar-refractivity contribution is -0.137. The van der Waals surface area contributed by atoms with Gasteiger partial charge in [-0.1, -0.05) is 66.7 Å². The highest BCUT2D eigenvalue weighted by Gasteiger charge is 2.48. The zero-order chi connectivity index (χ0) is 49.1. The number of piperazine rings is 1. The number of ketones is 2. The van der Waals surface area contributed by atoms with Gasteiger partial charge >= 0.3 is 0 Å². The Morgan fingerprint density at radius 3 is 2.15 bits per heavy atom. The van der Waals surface area contributed by atoms with E-state index < -0.39 is 35.5 Å². The van der Waals surface area contributed by atoms with Crippen molar-refractivity contribution in [1.82, 2.24) is 20.1 Å². The predicted molar refractivity (Wildman–Crippen MR) is 267 cm³/mol. The fourth-order valence-electron chi connectivity index (χ4n) is 9.59. The minimum absolute atomic E-state index is 0.103. The van der Waals surface area contributed by atoms with Crippen LogP contribution in [0.5, 0.6) is 0 Å². The first-order chi connectivity index (χ1) is 34.7. The summed E-state index contributed by atoms with van der Waals surface area (Å²) in [4.78, 5) is 88.7. The summed E-state index contributed by atoms with van der Waals surface area (Å²) in [7, 11) is 0. The molecule has 4 amide bonds. The van der Waals surface area contributed by atoms with Gasteiger partial charge in [0.25, 0.3) is 11.8 Å². The summed E-state index contributed by atoms with van der Waals surface area (Å²) in [6.45, 7) is 8.85. The monoisotopic (exact) mass is 983 g/mol. The topological polar surface area (TPSA) is 198 Å². The number of Topliss-reactive ketones (excluding diaryl/α,β-unsaturated/α-hetero) is 2. The molecule has 3 atom stereocenters. The van der Waals surface area contributed by atoms with E-state index in [1.165, 1.54) is 11.3 Å². The maximum Gasteiger partial charge on any atom is 0.255 e. The van der Waals surface area contributed by atoms with Crippen LogP contribution in [-0.2, 0) is 39.9 Å². The highest BCUT2D eigenvalue weighted by atomic mass is 32.1. The van der Waals surface area contributed by atoms with Crippen molar-refractivity contribution in [2.45, 2.75) is 25.4 Å². The first kappa shape index (κ1) is 49.3. The van der Waals surface area contributed by atoms with Crippen molar-refractivity contribution in [3.8, 4) is 11.1 Å². The van der Waals surface area contributed by atoms with Gasteiger partial charge in [0.05, 0.1) is 70.3 Å². The van der Waals surface area contributed by atoms with E-state index >= 15 is 0 Å². The van der Waals surface area contributed by atoms with E-state index in [-0.39, 0.29) is 36.0 Å². The number of benzene rings is 4. The van der Waals surface area contributed by atoms with Gasteiger partial charge in [-0.2, -0.15) is 0 Å². The summed E-state index contributed by atoms with van der Waals surface area (Å²) in [6.07, 6.45) is 1.91. The van der Waals surface area contributed by atoms with E-state index in [2.05, 4.69) is 55.0 Å². The number of ether oxygens (including phenoxy) is 4. The third-order valence-electron chi connectivity index (χ3n) is 13.3. The highest BCUT2D eigenvalue weighted by Crippen LogP contribution is 2.39. The van der Waals surface area contributed by atoms with Crippen LogP contribution in [0.15, 0.2) is 103 Å². The predicted octanol–water partition coefficient (Wildman–Crippen LogP) is 5.49. The lowest BCUT2D eigenvalue weighted by Gasteiger charge is -2.36. The standard InChI is InChI=1S/C53H57N7O10S/c61-44-16-15-41(50(64)56-44)46-48(62)40-7-4-8-43(45(40)49(46)63)54-17-24-67-26-28-69-30-31-70-29-27-68-25-23-58-19-21-59(22-20-58)39-13-11-35(12-14-39)37-9-10-38-34-60(52(66)42(38)33-37)47(36-5-2-1-3-6-36)51(65)57-53-55-18-32-71-53/h1-14,18,32-33,41,46-47,54H,15-17,19-31,34H2,(H,55,57,65)(H,56,61,64). The lowest BCUT2D eigenvalue weighted by atomic mass is 9.82. The van der Waals surface area contributed by atoms with Crippen molar-refractivity contribution in [2.75, 3.05) is 108 Å². The summed E-state index contributed by atoms with van der Waals surface area (Å²) < 4.78 is 22.8. The van der Waals surface area contributed by atoms with Gasteiger partial charge < -0.3 is 34.1 Å². The molecule has 4 heterocycles. The van der Waals surface area contributed by atoms with Crippen LogP contribution < -0.4 is 20.9 Å². The van der Waals surface area contributed by atoms with Crippen LogP contribution in [0.2, 0.25) is 0 Å². The maximum atomic E-state index is 14.0. The molecule has 3 N–H and O–H groups in total. The van der Waals surface area contributed by atoms with Gasteiger partial charge in [0.15, 0.2) is 16.7 Å². The Morgan fingerprint density at radius 2 is 1.45 bits per heavy atom. The van der Waals surface area contributed by atoms with Gasteiger partial charge in [0.1, 0.15) is 6.04 Å². The summed E-state index contributed by atoms with van der Waals surface area (Å²) in [6, 6.07) is 28.1. The molecule has 17 nitrogen and oxygen atoms in total. The second kappa shape index (κ2) is 23.5. The van der Waals surface area contributed by atoms with Crippen molar-refractivity contribution < 1.29 is 47.7 Å². The van der Waals surface area contributed by atoms with Crippen molar-refractivity contribution in [3.05, 3.63) is 130 Å². The quantitative estimate of drug-likeness (QED) is 0.0422. The summed E-state index contributed by atoms with van der Waals surface area (Å²) in [5.41, 5.74) is 6.45. The molecule has 3 aliphatic heterocycles. The van der Waals surface area contributed by atoms with E-state index in [4.69, 9.17) is 18.9 Å². The molecular weight excluding hydrogens is 927 g/mol. The molecule has 0 bridgehead atoms. The first-order valence-electron chi connectivity index (χ1n) is 24.1. The van der Waals surface area contributed by atoms with Gasteiger partial charge in [0.2, 0.25) is 11.8 Å². The minimum Gasteiger partial charge on any atom is -0.382 e. The number of hydrogen-bond acceptors (Lipinski definition) is 15. The zero-order valence-electron chi connectivity index (χ0n) is 39.3. The third kappa shape index (κ3) is 11.8. The van der Waals surface area contributed by atoms with E-state index in [0.29, 0.717) is 87.9 Å². The number of nitrogens with zero attached hydrogens (tertiary/aromatic N) is 4. The number of thiazole rings is 1. The summed E-state index contributed by atoms with van der Waals surface area (Å²) >= 11 is 1.33. The number of amides is 4. The highest BCUT2D eigenvalue weighted by molar-refractivity contribution is 7.13. The van der Waals surface area contributed by atoms with Gasteiger partial charge in [-0.25, -0.2) is 4.98 Å². The fourth-order valence-corrected chi connectivity index (χ4v) is 10.1. The molecule has 1 aliphatic carbocycles. The Morgan fingerprint density at radius 1 is 0.746 bits per heavy atom. The molecule has 1 aromatic heterocycles. The van der Waals surface area contributed by atoms with Gasteiger partial charge in [-0.05, 0) is 52.9 Å². The number of piperidine rings is 1. The van der Waals surface area contributed by atoms with E-state index in [1.54, 1.807) is 34.7 Å². The average Bonchev–Trinajstić information content (AvgIpc) is 4.09.